The lowest BCUT2D eigenvalue weighted by atomic mass is 10.1. The highest BCUT2D eigenvalue weighted by atomic mass is 16.5. The molecule has 0 saturated heterocycles. The molecule has 14 heavy (non-hydrogen) atoms. The lowest BCUT2D eigenvalue weighted by Crippen LogP contribution is -2.04. The molecule has 0 radical (unpaired) electrons. The molecule has 0 aliphatic heterocycles. The van der Waals surface area contributed by atoms with Crippen molar-refractivity contribution in [3.63, 3.8) is 0 Å². The zero-order valence-corrected chi connectivity index (χ0v) is 7.65. The Balaban J connectivity index is 2.91. The van der Waals surface area contributed by atoms with Crippen molar-refractivity contribution in [1.29, 1.82) is 5.26 Å². The Hall–Kier alpha value is -2.02. The fourth-order valence-electron chi connectivity index (χ4n) is 1.02. The van der Waals surface area contributed by atoms with E-state index in [-0.39, 0.29) is 23.7 Å². The number of phenols is 1. The Morgan fingerprint density at radius 1 is 1.64 bits per heavy atom. The summed E-state index contributed by atoms with van der Waals surface area (Å²) in [7, 11) is 1.30. The largest absolute Gasteiger partial charge is 0.507 e. The summed E-state index contributed by atoms with van der Waals surface area (Å²) in [5.74, 6) is -0.458. The molecule has 0 heterocycles. The van der Waals surface area contributed by atoms with Crippen LogP contribution in [0.1, 0.15) is 11.1 Å². The molecule has 1 aromatic carbocycles. The number of nitriles is 1. The highest BCUT2D eigenvalue weighted by Crippen LogP contribution is 2.17. The van der Waals surface area contributed by atoms with Gasteiger partial charge in [-0.05, 0) is 17.7 Å². The summed E-state index contributed by atoms with van der Waals surface area (Å²) >= 11 is 0. The molecule has 4 heteroatoms. The van der Waals surface area contributed by atoms with Gasteiger partial charge in [0.2, 0.25) is 0 Å². The number of phenolic OH excluding ortho intramolecular Hbond substituents is 1. The van der Waals surface area contributed by atoms with Crippen molar-refractivity contribution in [2.75, 3.05) is 7.11 Å². The van der Waals surface area contributed by atoms with Gasteiger partial charge in [-0.1, -0.05) is 6.07 Å². The quantitative estimate of drug-likeness (QED) is 0.707. The number of benzene rings is 1. The van der Waals surface area contributed by atoms with Crippen molar-refractivity contribution in [1.82, 2.24) is 0 Å². The highest BCUT2D eigenvalue weighted by Gasteiger charge is 2.06. The summed E-state index contributed by atoms with van der Waals surface area (Å²) in [5.41, 5.74) is 0.803. The Morgan fingerprint density at radius 3 is 2.93 bits per heavy atom. The third-order valence-corrected chi connectivity index (χ3v) is 1.76. The maximum absolute atomic E-state index is 10.9. The predicted molar refractivity (Wildman–Crippen MR) is 48.5 cm³/mol. The fourth-order valence-corrected chi connectivity index (χ4v) is 1.02. The molecule has 1 N–H and O–H groups in total. The van der Waals surface area contributed by atoms with Crippen molar-refractivity contribution in [2.45, 2.75) is 6.42 Å². The van der Waals surface area contributed by atoms with E-state index in [1.807, 2.05) is 6.07 Å². The van der Waals surface area contributed by atoms with E-state index in [1.54, 1.807) is 6.07 Å². The van der Waals surface area contributed by atoms with Gasteiger partial charge in [0.1, 0.15) is 11.8 Å². The minimum atomic E-state index is -0.375. The van der Waals surface area contributed by atoms with Gasteiger partial charge in [0, 0.05) is 0 Å². The molecule has 1 aromatic rings. The molecular weight excluding hydrogens is 182 g/mol. The number of rotatable bonds is 2. The first kappa shape index (κ1) is 10.1. The van der Waals surface area contributed by atoms with Gasteiger partial charge in [-0.15, -0.1) is 0 Å². The molecule has 0 aliphatic rings. The lowest BCUT2D eigenvalue weighted by molar-refractivity contribution is -0.139. The number of ether oxygens (including phenoxy) is 1. The Bertz CT molecular complexity index is 393. The Morgan fingerprint density at radius 2 is 2.36 bits per heavy atom. The van der Waals surface area contributed by atoms with Gasteiger partial charge in [0.15, 0.2) is 0 Å². The Labute approximate surface area is 81.4 Å². The average molecular weight is 191 g/mol. The predicted octanol–water partition coefficient (Wildman–Crippen LogP) is 0.979. The second-order valence-corrected chi connectivity index (χ2v) is 2.72. The van der Waals surface area contributed by atoms with Crippen LogP contribution in [0.15, 0.2) is 18.2 Å². The number of hydrogen-bond donors (Lipinski definition) is 1. The van der Waals surface area contributed by atoms with Crippen LogP contribution >= 0.6 is 0 Å². The molecular formula is C10H9NO3. The SMILES string of the molecule is COC(=O)Cc1ccc(O)c(C#N)c1. The zero-order valence-electron chi connectivity index (χ0n) is 7.65. The average Bonchev–Trinajstić information content (AvgIpc) is 2.20. The molecule has 0 atom stereocenters. The standard InChI is InChI=1S/C10H9NO3/c1-14-10(13)5-7-2-3-9(12)8(4-7)6-11/h2-4,12H,5H2,1H3. The van der Waals surface area contributed by atoms with Gasteiger partial charge in [0.25, 0.3) is 0 Å². The van der Waals surface area contributed by atoms with Crippen molar-refractivity contribution in [3.8, 4) is 11.8 Å². The van der Waals surface area contributed by atoms with E-state index in [9.17, 15) is 9.90 Å². The van der Waals surface area contributed by atoms with Crippen molar-refractivity contribution < 1.29 is 14.6 Å². The number of nitrogens with zero attached hydrogens (tertiary/aromatic N) is 1. The van der Waals surface area contributed by atoms with E-state index in [0.717, 1.165) is 0 Å². The van der Waals surface area contributed by atoms with Crippen LogP contribution in [0.4, 0.5) is 0 Å². The van der Waals surface area contributed by atoms with Gasteiger partial charge in [-0.2, -0.15) is 5.26 Å². The van der Waals surface area contributed by atoms with Crippen molar-refractivity contribution >= 4 is 5.97 Å². The summed E-state index contributed by atoms with van der Waals surface area (Å²) in [6.45, 7) is 0. The molecule has 0 spiro atoms. The smallest absolute Gasteiger partial charge is 0.309 e. The molecule has 0 aliphatic carbocycles. The lowest BCUT2D eigenvalue weighted by Gasteiger charge is -2.01. The van der Waals surface area contributed by atoms with E-state index in [4.69, 9.17) is 5.26 Å². The molecule has 0 bridgehead atoms. The van der Waals surface area contributed by atoms with Crippen LogP contribution in [0, 0.1) is 11.3 Å². The minimum Gasteiger partial charge on any atom is -0.507 e. The third kappa shape index (κ3) is 2.23. The van der Waals surface area contributed by atoms with E-state index in [2.05, 4.69) is 4.74 Å². The van der Waals surface area contributed by atoms with Crippen LogP contribution in [0.2, 0.25) is 0 Å². The first-order chi connectivity index (χ1) is 6.67. The van der Waals surface area contributed by atoms with Gasteiger partial charge in [-0.3, -0.25) is 4.79 Å². The molecule has 0 saturated carbocycles. The molecule has 4 nitrogen and oxygen atoms in total. The van der Waals surface area contributed by atoms with E-state index in [1.165, 1.54) is 19.2 Å². The van der Waals surface area contributed by atoms with Crippen LogP contribution < -0.4 is 0 Å². The highest BCUT2D eigenvalue weighted by molar-refractivity contribution is 5.72. The van der Waals surface area contributed by atoms with Crippen molar-refractivity contribution in [2.24, 2.45) is 0 Å². The molecule has 0 aromatic heterocycles. The van der Waals surface area contributed by atoms with Gasteiger partial charge >= 0.3 is 5.97 Å². The fraction of sp³-hybridized carbons (Fsp3) is 0.200. The summed E-state index contributed by atoms with van der Waals surface area (Å²) in [6, 6.07) is 6.25. The van der Waals surface area contributed by atoms with E-state index in [0.29, 0.717) is 5.56 Å². The first-order valence-electron chi connectivity index (χ1n) is 3.96. The summed E-state index contributed by atoms with van der Waals surface area (Å²) in [5, 5.41) is 17.8. The topological polar surface area (TPSA) is 70.3 Å². The van der Waals surface area contributed by atoms with Gasteiger partial charge < -0.3 is 9.84 Å². The molecule has 0 unspecified atom stereocenters. The molecule has 72 valence electrons. The van der Waals surface area contributed by atoms with E-state index >= 15 is 0 Å². The maximum Gasteiger partial charge on any atom is 0.309 e. The van der Waals surface area contributed by atoms with Crippen LogP contribution in [-0.4, -0.2) is 18.2 Å². The van der Waals surface area contributed by atoms with Crippen LogP contribution in [0.5, 0.6) is 5.75 Å². The second kappa shape index (κ2) is 4.28. The number of carbonyl (C=O) groups is 1. The number of methoxy groups -OCH3 is 1. The number of hydrogen-bond acceptors (Lipinski definition) is 4. The van der Waals surface area contributed by atoms with Gasteiger partial charge in [-0.25, -0.2) is 0 Å². The van der Waals surface area contributed by atoms with E-state index < -0.39 is 0 Å². The zero-order chi connectivity index (χ0) is 10.6. The van der Waals surface area contributed by atoms with Crippen molar-refractivity contribution in [3.05, 3.63) is 29.3 Å². The Kier molecular flexibility index (Phi) is 3.08. The molecule has 0 fully saturated rings. The van der Waals surface area contributed by atoms with Gasteiger partial charge in [0.05, 0.1) is 19.1 Å². The van der Waals surface area contributed by atoms with Crippen LogP contribution in [-0.2, 0) is 16.0 Å². The molecule has 0 amide bonds. The van der Waals surface area contributed by atoms with Crippen LogP contribution in [0.3, 0.4) is 0 Å². The first-order valence-corrected chi connectivity index (χ1v) is 3.96. The minimum absolute atomic E-state index is 0.0823. The summed E-state index contributed by atoms with van der Waals surface area (Å²) < 4.78 is 4.47. The number of aromatic hydroxyl groups is 1. The monoisotopic (exact) mass is 191 g/mol. The number of esters is 1. The maximum atomic E-state index is 10.9. The normalized spacial score (nSPS) is 9.14. The molecule has 1 rings (SSSR count). The summed E-state index contributed by atoms with van der Waals surface area (Å²) in [4.78, 5) is 10.9. The summed E-state index contributed by atoms with van der Waals surface area (Å²) in [6.07, 6.45) is 0.103. The van der Waals surface area contributed by atoms with Crippen LogP contribution in [0.25, 0.3) is 0 Å². The number of carbonyl (C=O) groups excluding carboxylic acids is 1. The second-order valence-electron chi connectivity index (χ2n) is 2.72. The third-order valence-electron chi connectivity index (χ3n) is 1.76.